The van der Waals surface area contributed by atoms with E-state index in [9.17, 15) is 5.11 Å². The van der Waals surface area contributed by atoms with Gasteiger partial charge in [-0.15, -0.1) is 11.3 Å². The number of hydrogen-bond donors (Lipinski definition) is 2. The first-order valence-corrected chi connectivity index (χ1v) is 7.93. The molecule has 2 rings (SSSR count). The van der Waals surface area contributed by atoms with Gasteiger partial charge in [0.2, 0.25) is 0 Å². The first kappa shape index (κ1) is 13.5. The highest BCUT2D eigenvalue weighted by Crippen LogP contribution is 2.28. The van der Waals surface area contributed by atoms with E-state index in [4.69, 9.17) is 0 Å². The maximum atomic E-state index is 9.63. The van der Waals surface area contributed by atoms with Gasteiger partial charge in [0.25, 0.3) is 0 Å². The predicted molar refractivity (Wildman–Crippen MR) is 76.4 cm³/mol. The van der Waals surface area contributed by atoms with Crippen LogP contribution in [0.4, 0.5) is 0 Å². The molecular weight excluding hydrogens is 298 g/mol. The molecule has 1 aromatic heterocycles. The number of nitrogens with one attached hydrogen (secondary N) is 1. The van der Waals surface area contributed by atoms with Gasteiger partial charge in [-0.05, 0) is 66.7 Å². The van der Waals surface area contributed by atoms with Gasteiger partial charge in [-0.25, -0.2) is 0 Å². The molecule has 96 valence electrons. The zero-order valence-corrected chi connectivity index (χ0v) is 12.6. The van der Waals surface area contributed by atoms with Gasteiger partial charge in [-0.1, -0.05) is 6.42 Å². The van der Waals surface area contributed by atoms with Crippen LogP contribution in [0.5, 0.6) is 0 Å². The molecule has 4 heteroatoms. The van der Waals surface area contributed by atoms with E-state index in [-0.39, 0.29) is 6.10 Å². The molecule has 3 atom stereocenters. The molecule has 2 nitrogen and oxygen atoms in total. The van der Waals surface area contributed by atoms with Crippen LogP contribution in [0.2, 0.25) is 0 Å². The van der Waals surface area contributed by atoms with Crippen LogP contribution in [0.3, 0.4) is 0 Å². The number of aliphatic hydroxyl groups is 1. The van der Waals surface area contributed by atoms with Gasteiger partial charge in [-0.3, -0.25) is 0 Å². The molecule has 0 spiro atoms. The smallest absolute Gasteiger partial charge is 0.0701 e. The van der Waals surface area contributed by atoms with Crippen LogP contribution in [0, 0.1) is 5.92 Å². The van der Waals surface area contributed by atoms with Crippen molar-refractivity contribution in [2.45, 2.75) is 44.8 Å². The quantitative estimate of drug-likeness (QED) is 0.887. The van der Waals surface area contributed by atoms with Crippen LogP contribution in [-0.4, -0.2) is 17.8 Å². The van der Waals surface area contributed by atoms with E-state index in [0.29, 0.717) is 12.0 Å². The standard InChI is InChI=1S/C13H20BrNOS/c1-9(12-5-6-13(14)17-12)15-8-10-3-2-4-11(16)7-10/h5-6,9-11,15-16H,2-4,7-8H2,1H3/t9-,10-,11-/m0/s1. The molecule has 0 unspecified atom stereocenters. The van der Waals surface area contributed by atoms with Crippen LogP contribution < -0.4 is 5.32 Å². The van der Waals surface area contributed by atoms with Gasteiger partial charge >= 0.3 is 0 Å². The van der Waals surface area contributed by atoms with Gasteiger partial charge < -0.3 is 10.4 Å². The fraction of sp³-hybridized carbons (Fsp3) is 0.692. The molecule has 1 aromatic rings. The van der Waals surface area contributed by atoms with Crippen molar-refractivity contribution < 1.29 is 5.11 Å². The lowest BCUT2D eigenvalue weighted by Gasteiger charge is -2.27. The summed E-state index contributed by atoms with van der Waals surface area (Å²) < 4.78 is 1.19. The van der Waals surface area contributed by atoms with Crippen LogP contribution in [-0.2, 0) is 0 Å². The van der Waals surface area contributed by atoms with Crippen molar-refractivity contribution in [1.29, 1.82) is 0 Å². The lowest BCUT2D eigenvalue weighted by Crippen LogP contribution is -2.30. The van der Waals surface area contributed by atoms with Crippen molar-refractivity contribution in [3.8, 4) is 0 Å². The number of rotatable bonds is 4. The van der Waals surface area contributed by atoms with Crippen molar-refractivity contribution in [3.63, 3.8) is 0 Å². The molecule has 1 aliphatic carbocycles. The second-order valence-electron chi connectivity index (χ2n) is 4.96. The van der Waals surface area contributed by atoms with Crippen molar-refractivity contribution in [2.24, 2.45) is 5.92 Å². The Kier molecular flexibility index (Phi) is 5.03. The summed E-state index contributed by atoms with van der Waals surface area (Å²) in [5.74, 6) is 0.643. The molecule has 1 saturated carbocycles. The molecule has 0 aliphatic heterocycles. The highest BCUT2D eigenvalue weighted by atomic mass is 79.9. The summed E-state index contributed by atoms with van der Waals surface area (Å²) in [5, 5.41) is 13.2. The molecule has 1 aliphatic rings. The number of thiophene rings is 1. The third-order valence-electron chi connectivity index (χ3n) is 3.49. The van der Waals surface area contributed by atoms with E-state index in [0.717, 1.165) is 19.4 Å². The summed E-state index contributed by atoms with van der Waals surface area (Å²) >= 11 is 5.28. The maximum absolute atomic E-state index is 9.63. The third-order valence-corrected chi connectivity index (χ3v) is 5.29. The Balaban J connectivity index is 1.77. The summed E-state index contributed by atoms with van der Waals surface area (Å²) in [6, 6.07) is 4.68. The summed E-state index contributed by atoms with van der Waals surface area (Å²) in [4.78, 5) is 1.37. The van der Waals surface area contributed by atoms with E-state index < -0.39 is 0 Å². The summed E-state index contributed by atoms with van der Waals surface area (Å²) in [5.41, 5.74) is 0. The maximum Gasteiger partial charge on any atom is 0.0701 e. The molecule has 0 radical (unpaired) electrons. The van der Waals surface area contributed by atoms with Crippen molar-refractivity contribution in [1.82, 2.24) is 5.32 Å². The minimum absolute atomic E-state index is 0.0678. The van der Waals surface area contributed by atoms with Gasteiger partial charge in [0.05, 0.1) is 9.89 Å². The Hall–Kier alpha value is 0.1000. The normalized spacial score (nSPS) is 27.0. The Labute approximate surface area is 116 Å². The highest BCUT2D eigenvalue weighted by Gasteiger charge is 2.20. The first-order chi connectivity index (χ1) is 8.15. The van der Waals surface area contributed by atoms with E-state index in [1.54, 1.807) is 11.3 Å². The Morgan fingerprint density at radius 2 is 2.35 bits per heavy atom. The van der Waals surface area contributed by atoms with Gasteiger partial charge in [-0.2, -0.15) is 0 Å². The minimum atomic E-state index is -0.0678. The summed E-state index contributed by atoms with van der Waals surface area (Å²) in [7, 11) is 0. The van der Waals surface area contributed by atoms with E-state index in [1.807, 2.05) is 0 Å². The molecule has 0 bridgehead atoms. The first-order valence-electron chi connectivity index (χ1n) is 6.32. The SMILES string of the molecule is C[C@H](NC[C@H]1CCC[C@H](O)C1)c1ccc(Br)s1. The Morgan fingerprint density at radius 3 is 3.00 bits per heavy atom. The van der Waals surface area contributed by atoms with E-state index >= 15 is 0 Å². The number of aliphatic hydroxyl groups excluding tert-OH is 1. The van der Waals surface area contributed by atoms with Crippen LogP contribution in [0.1, 0.15) is 43.5 Å². The zero-order valence-electron chi connectivity index (χ0n) is 10.2. The van der Waals surface area contributed by atoms with Crippen LogP contribution in [0.15, 0.2) is 15.9 Å². The molecule has 0 amide bonds. The fourth-order valence-electron chi connectivity index (χ4n) is 2.45. The Bertz CT molecular complexity index is 355. The fourth-order valence-corrected chi connectivity index (χ4v) is 3.90. The monoisotopic (exact) mass is 317 g/mol. The van der Waals surface area contributed by atoms with Gasteiger partial charge in [0, 0.05) is 10.9 Å². The minimum Gasteiger partial charge on any atom is -0.393 e. The lowest BCUT2D eigenvalue weighted by atomic mass is 9.87. The number of hydrogen-bond acceptors (Lipinski definition) is 3. The molecule has 0 aromatic carbocycles. The van der Waals surface area contributed by atoms with Crippen LogP contribution >= 0.6 is 27.3 Å². The Morgan fingerprint density at radius 1 is 1.53 bits per heavy atom. The zero-order chi connectivity index (χ0) is 12.3. The highest BCUT2D eigenvalue weighted by molar-refractivity contribution is 9.11. The average Bonchev–Trinajstić information content (AvgIpc) is 2.73. The number of halogens is 1. The molecule has 1 fully saturated rings. The largest absolute Gasteiger partial charge is 0.393 e. The summed E-state index contributed by atoms with van der Waals surface area (Å²) in [6.07, 6.45) is 4.32. The van der Waals surface area contributed by atoms with E-state index in [1.165, 1.54) is 21.5 Å². The second-order valence-corrected chi connectivity index (χ2v) is 7.45. The topological polar surface area (TPSA) is 32.3 Å². The van der Waals surface area contributed by atoms with Crippen molar-refractivity contribution in [3.05, 3.63) is 20.8 Å². The predicted octanol–water partition coefficient (Wildman–Crippen LogP) is 3.71. The third kappa shape index (κ3) is 4.05. The molecular formula is C13H20BrNOS. The molecule has 0 saturated heterocycles. The lowest BCUT2D eigenvalue weighted by molar-refractivity contribution is 0.0998. The van der Waals surface area contributed by atoms with Crippen molar-refractivity contribution >= 4 is 27.3 Å². The van der Waals surface area contributed by atoms with Gasteiger partial charge in [0.1, 0.15) is 0 Å². The average molecular weight is 318 g/mol. The molecule has 1 heterocycles. The second kappa shape index (κ2) is 6.32. The van der Waals surface area contributed by atoms with Gasteiger partial charge in [0.15, 0.2) is 0 Å². The summed E-state index contributed by atoms with van der Waals surface area (Å²) in [6.45, 7) is 3.23. The van der Waals surface area contributed by atoms with Crippen LogP contribution in [0.25, 0.3) is 0 Å². The van der Waals surface area contributed by atoms with E-state index in [2.05, 4.69) is 40.3 Å². The molecule has 2 N–H and O–H groups in total. The van der Waals surface area contributed by atoms with Crippen molar-refractivity contribution in [2.75, 3.05) is 6.54 Å². The molecule has 17 heavy (non-hydrogen) atoms.